The minimum Gasteiger partial charge on any atom is -0.481 e. The minimum absolute atomic E-state index is 0.593. The lowest BCUT2D eigenvalue weighted by Gasteiger charge is -2.35. The number of aliphatic carboxylic acids is 1. The van der Waals surface area contributed by atoms with Gasteiger partial charge in [0.1, 0.15) is 0 Å². The summed E-state index contributed by atoms with van der Waals surface area (Å²) in [7, 11) is 0. The lowest BCUT2D eigenvalue weighted by Crippen LogP contribution is -2.45. The van der Waals surface area contributed by atoms with E-state index < -0.39 is 11.4 Å². The molecule has 0 unspecified atom stereocenters. The number of carboxylic acids is 1. The molecule has 142 valence electrons. The van der Waals surface area contributed by atoms with Crippen LogP contribution in [-0.2, 0) is 17.6 Å². The monoisotopic (exact) mass is 364 g/mol. The number of rotatable bonds is 5. The number of carbonyl (C=O) groups is 1. The first-order valence-corrected chi connectivity index (χ1v) is 10.1. The SMILES string of the molecule is O=C(O)[C@]1(CCCN2c3ccccc3CCc3ccccc32)CCCNC1. The Hall–Kier alpha value is -2.33. The third-order valence-corrected chi connectivity index (χ3v) is 6.19. The van der Waals surface area contributed by atoms with E-state index in [2.05, 4.69) is 58.7 Å². The van der Waals surface area contributed by atoms with Gasteiger partial charge in [-0.05, 0) is 68.3 Å². The van der Waals surface area contributed by atoms with E-state index in [9.17, 15) is 9.90 Å². The summed E-state index contributed by atoms with van der Waals surface area (Å²) in [5.74, 6) is -0.647. The van der Waals surface area contributed by atoms with Crippen molar-refractivity contribution in [3.8, 4) is 0 Å². The number of fused-ring (bicyclic) bond motifs is 2. The molecular weight excluding hydrogens is 336 g/mol. The number of para-hydroxylation sites is 2. The number of piperidine rings is 1. The van der Waals surface area contributed by atoms with Crippen molar-refractivity contribution in [1.82, 2.24) is 5.32 Å². The number of carboxylic acid groups (broad SMARTS) is 1. The van der Waals surface area contributed by atoms with Crippen molar-refractivity contribution < 1.29 is 9.90 Å². The maximum Gasteiger partial charge on any atom is 0.310 e. The molecule has 0 aromatic heterocycles. The van der Waals surface area contributed by atoms with Crippen LogP contribution in [0.4, 0.5) is 11.4 Å². The fourth-order valence-electron chi connectivity index (χ4n) is 4.66. The zero-order valence-corrected chi connectivity index (χ0v) is 15.8. The van der Waals surface area contributed by atoms with Crippen molar-refractivity contribution in [2.24, 2.45) is 5.41 Å². The summed E-state index contributed by atoms with van der Waals surface area (Å²) in [5, 5.41) is 13.1. The predicted octanol–water partition coefficient (Wildman–Crippen LogP) is 4.16. The fourth-order valence-corrected chi connectivity index (χ4v) is 4.66. The van der Waals surface area contributed by atoms with Crippen molar-refractivity contribution in [2.45, 2.75) is 38.5 Å². The Balaban J connectivity index is 1.57. The maximum atomic E-state index is 12.0. The Kier molecular flexibility index (Phi) is 5.17. The molecule has 4 heteroatoms. The van der Waals surface area contributed by atoms with E-state index in [-0.39, 0.29) is 0 Å². The molecule has 2 N–H and O–H groups in total. The standard InChI is InChI=1S/C23H28N2O2/c26-22(27)23(13-5-15-24-17-23)14-6-16-25-20-9-3-1-7-18(20)11-12-19-8-2-4-10-21(19)25/h1-4,7-10,24H,5-6,11-17H2,(H,26,27)/t23-/m0/s1. The van der Waals surface area contributed by atoms with E-state index >= 15 is 0 Å². The molecule has 1 atom stereocenters. The van der Waals surface area contributed by atoms with Crippen molar-refractivity contribution >= 4 is 17.3 Å². The normalized spacial score (nSPS) is 21.9. The van der Waals surface area contributed by atoms with E-state index in [0.29, 0.717) is 6.54 Å². The van der Waals surface area contributed by atoms with Crippen LogP contribution in [0.25, 0.3) is 0 Å². The van der Waals surface area contributed by atoms with Crippen molar-refractivity contribution in [2.75, 3.05) is 24.5 Å². The van der Waals surface area contributed by atoms with Gasteiger partial charge in [0, 0.05) is 24.5 Å². The Bertz CT molecular complexity index is 764. The van der Waals surface area contributed by atoms with Gasteiger partial charge in [0.2, 0.25) is 0 Å². The van der Waals surface area contributed by atoms with Crippen LogP contribution in [0.5, 0.6) is 0 Å². The molecule has 27 heavy (non-hydrogen) atoms. The minimum atomic E-state index is -0.647. The van der Waals surface area contributed by atoms with E-state index in [4.69, 9.17) is 0 Å². The quantitative estimate of drug-likeness (QED) is 0.836. The number of nitrogens with one attached hydrogen (secondary N) is 1. The van der Waals surface area contributed by atoms with Gasteiger partial charge in [-0.15, -0.1) is 0 Å². The number of hydrogen-bond acceptors (Lipinski definition) is 3. The summed E-state index contributed by atoms with van der Waals surface area (Å²) in [6, 6.07) is 17.3. The van der Waals surface area contributed by atoms with Crippen LogP contribution >= 0.6 is 0 Å². The summed E-state index contributed by atoms with van der Waals surface area (Å²) in [5.41, 5.74) is 4.69. The van der Waals surface area contributed by atoms with Crippen LogP contribution in [0.15, 0.2) is 48.5 Å². The Morgan fingerprint density at radius 2 is 1.67 bits per heavy atom. The van der Waals surface area contributed by atoms with E-state index in [1.54, 1.807) is 0 Å². The van der Waals surface area contributed by atoms with Gasteiger partial charge < -0.3 is 15.3 Å². The second kappa shape index (κ2) is 7.73. The van der Waals surface area contributed by atoms with Crippen molar-refractivity contribution in [3.63, 3.8) is 0 Å². The number of hydrogen-bond donors (Lipinski definition) is 2. The van der Waals surface area contributed by atoms with Gasteiger partial charge in [-0.3, -0.25) is 4.79 Å². The molecular formula is C23H28N2O2. The van der Waals surface area contributed by atoms with Crippen LogP contribution in [0.1, 0.15) is 36.8 Å². The topological polar surface area (TPSA) is 52.6 Å². The highest BCUT2D eigenvalue weighted by Crippen LogP contribution is 2.37. The third kappa shape index (κ3) is 3.59. The number of anilines is 2. The Labute approximate surface area is 161 Å². The number of aryl methyl sites for hydroxylation is 2. The molecule has 0 radical (unpaired) electrons. The Morgan fingerprint density at radius 3 is 2.22 bits per heavy atom. The average molecular weight is 364 g/mol. The highest BCUT2D eigenvalue weighted by Gasteiger charge is 2.39. The molecule has 0 saturated carbocycles. The first-order valence-electron chi connectivity index (χ1n) is 10.1. The second-order valence-corrected chi connectivity index (χ2v) is 7.88. The van der Waals surface area contributed by atoms with Crippen LogP contribution in [0.2, 0.25) is 0 Å². The van der Waals surface area contributed by atoms with Crippen LogP contribution < -0.4 is 10.2 Å². The van der Waals surface area contributed by atoms with Crippen LogP contribution in [0.3, 0.4) is 0 Å². The summed E-state index contributed by atoms with van der Waals surface area (Å²) >= 11 is 0. The lowest BCUT2D eigenvalue weighted by atomic mass is 9.77. The van der Waals surface area contributed by atoms with Gasteiger partial charge in [0.05, 0.1) is 5.41 Å². The van der Waals surface area contributed by atoms with Crippen LogP contribution in [-0.4, -0.2) is 30.7 Å². The highest BCUT2D eigenvalue weighted by molar-refractivity contribution is 5.75. The predicted molar refractivity (Wildman–Crippen MR) is 109 cm³/mol. The molecule has 4 nitrogen and oxygen atoms in total. The zero-order chi connectivity index (χ0) is 18.7. The molecule has 1 fully saturated rings. The van der Waals surface area contributed by atoms with E-state index in [1.165, 1.54) is 22.5 Å². The number of nitrogens with zero attached hydrogens (tertiary/aromatic N) is 1. The van der Waals surface area contributed by atoms with Gasteiger partial charge in [-0.25, -0.2) is 0 Å². The molecule has 0 spiro atoms. The molecule has 2 aliphatic heterocycles. The molecule has 0 aliphatic carbocycles. The maximum absolute atomic E-state index is 12.0. The molecule has 0 amide bonds. The first-order chi connectivity index (χ1) is 13.2. The Morgan fingerprint density at radius 1 is 1.04 bits per heavy atom. The molecule has 1 saturated heterocycles. The zero-order valence-electron chi connectivity index (χ0n) is 15.8. The molecule has 2 heterocycles. The van der Waals surface area contributed by atoms with Crippen molar-refractivity contribution in [1.29, 1.82) is 0 Å². The molecule has 2 aliphatic rings. The lowest BCUT2D eigenvalue weighted by molar-refractivity contribution is -0.150. The summed E-state index contributed by atoms with van der Waals surface area (Å²) in [6.07, 6.45) is 5.41. The highest BCUT2D eigenvalue weighted by atomic mass is 16.4. The van der Waals surface area contributed by atoms with Gasteiger partial charge in [0.15, 0.2) is 0 Å². The number of benzene rings is 2. The van der Waals surface area contributed by atoms with E-state index in [1.807, 2.05) is 0 Å². The van der Waals surface area contributed by atoms with E-state index in [0.717, 1.165) is 51.6 Å². The van der Waals surface area contributed by atoms with Gasteiger partial charge in [-0.1, -0.05) is 36.4 Å². The third-order valence-electron chi connectivity index (χ3n) is 6.19. The molecule has 4 rings (SSSR count). The summed E-state index contributed by atoms with van der Waals surface area (Å²) < 4.78 is 0. The van der Waals surface area contributed by atoms with Gasteiger partial charge >= 0.3 is 5.97 Å². The molecule has 2 aromatic carbocycles. The molecule has 2 aromatic rings. The molecule has 0 bridgehead atoms. The van der Waals surface area contributed by atoms with Gasteiger partial charge in [0.25, 0.3) is 0 Å². The fraction of sp³-hybridized carbons (Fsp3) is 0.435. The summed E-state index contributed by atoms with van der Waals surface area (Å²) in [4.78, 5) is 14.4. The first kappa shape index (κ1) is 18.1. The van der Waals surface area contributed by atoms with Gasteiger partial charge in [-0.2, -0.15) is 0 Å². The second-order valence-electron chi connectivity index (χ2n) is 7.88. The smallest absolute Gasteiger partial charge is 0.310 e. The average Bonchev–Trinajstić information content (AvgIpc) is 2.86. The summed E-state index contributed by atoms with van der Waals surface area (Å²) in [6.45, 7) is 2.38. The van der Waals surface area contributed by atoms with Crippen LogP contribution in [0, 0.1) is 5.41 Å². The van der Waals surface area contributed by atoms with Crippen molar-refractivity contribution in [3.05, 3.63) is 59.7 Å². The largest absolute Gasteiger partial charge is 0.481 e.